The van der Waals surface area contributed by atoms with Gasteiger partial charge < -0.3 is 14.9 Å². The van der Waals surface area contributed by atoms with Crippen molar-refractivity contribution in [1.29, 1.82) is 5.26 Å². The Labute approximate surface area is 151 Å². The summed E-state index contributed by atoms with van der Waals surface area (Å²) < 4.78 is 10.3. The van der Waals surface area contributed by atoms with E-state index in [9.17, 15) is 9.59 Å². The van der Waals surface area contributed by atoms with Crippen LogP contribution in [0.5, 0.6) is 5.75 Å². The van der Waals surface area contributed by atoms with Crippen molar-refractivity contribution in [2.24, 2.45) is 0 Å². The molecule has 0 aliphatic carbocycles. The quantitative estimate of drug-likeness (QED) is 0.343. The van der Waals surface area contributed by atoms with Crippen LogP contribution in [0.25, 0.3) is 10.8 Å². The average molecular weight is 353 g/mol. The summed E-state index contributed by atoms with van der Waals surface area (Å²) in [7, 11) is 0. The van der Waals surface area contributed by atoms with Crippen molar-refractivity contribution in [3.63, 3.8) is 0 Å². The number of nitrogens with one attached hydrogen (secondary N) is 2. The smallest absolute Gasteiger partial charge is 0.350 e. The lowest BCUT2D eigenvalue weighted by Gasteiger charge is -2.15. The predicted octanol–water partition coefficient (Wildman–Crippen LogP) is 2.20. The van der Waals surface area contributed by atoms with Gasteiger partial charge in [-0.25, -0.2) is 4.79 Å². The Hall–Kier alpha value is -3.53. The second kappa shape index (κ2) is 9.08. The minimum atomic E-state index is -0.787. The molecule has 2 N–H and O–H groups in total. The molecule has 0 aromatic heterocycles. The Kier molecular flexibility index (Phi) is 6.57. The molecule has 2 rings (SSSR count). The molecule has 7 heteroatoms. The van der Waals surface area contributed by atoms with Gasteiger partial charge in [0.05, 0.1) is 6.61 Å². The van der Waals surface area contributed by atoms with Crippen LogP contribution >= 0.6 is 0 Å². The Balaban J connectivity index is 1.92. The highest BCUT2D eigenvalue weighted by molar-refractivity contribution is 5.92. The lowest BCUT2D eigenvalue weighted by Crippen LogP contribution is -2.42. The number of hydrogen-bond donors (Lipinski definition) is 2. The molecule has 0 aliphatic heterocycles. The number of benzene rings is 2. The van der Waals surface area contributed by atoms with E-state index >= 15 is 0 Å². The van der Waals surface area contributed by atoms with Crippen LogP contribution in [-0.2, 0) is 14.3 Å². The van der Waals surface area contributed by atoms with E-state index in [4.69, 9.17) is 14.7 Å². The monoisotopic (exact) mass is 353 g/mol. The highest BCUT2D eigenvalue weighted by Gasteiger charge is 2.15. The standard InChI is InChI=1S/C19H19N3O4/c1-3-25-19(24)16(11-20)12-21-22-18(23)13(2)26-17-9-8-14-6-4-5-7-15(14)10-17/h4-10,12-13,21H,3H2,1-2H3,(H,22,23)/b16-12+/t13-/m1/s1. The van der Waals surface area contributed by atoms with Gasteiger partial charge in [-0.15, -0.1) is 0 Å². The highest BCUT2D eigenvalue weighted by Crippen LogP contribution is 2.21. The third kappa shape index (κ3) is 4.98. The molecule has 0 saturated heterocycles. The molecule has 0 unspecified atom stereocenters. The Morgan fingerprint density at radius 3 is 2.65 bits per heavy atom. The molecule has 0 saturated carbocycles. The molecule has 0 heterocycles. The van der Waals surface area contributed by atoms with Crippen molar-refractivity contribution in [2.45, 2.75) is 20.0 Å². The molecule has 1 amide bonds. The number of amides is 1. The first-order valence-electron chi connectivity index (χ1n) is 8.03. The summed E-state index contributed by atoms with van der Waals surface area (Å²) in [5.74, 6) is -0.668. The largest absolute Gasteiger partial charge is 0.481 e. The van der Waals surface area contributed by atoms with Gasteiger partial charge in [0.1, 0.15) is 11.8 Å². The van der Waals surface area contributed by atoms with E-state index in [-0.39, 0.29) is 12.2 Å². The second-order valence-electron chi connectivity index (χ2n) is 5.29. The van der Waals surface area contributed by atoms with Crippen molar-refractivity contribution in [3.8, 4) is 11.8 Å². The summed E-state index contributed by atoms with van der Waals surface area (Å²) in [5.41, 5.74) is 4.50. The zero-order valence-electron chi connectivity index (χ0n) is 14.5. The lowest BCUT2D eigenvalue weighted by atomic mass is 10.1. The van der Waals surface area contributed by atoms with Crippen molar-refractivity contribution < 1.29 is 19.1 Å². The summed E-state index contributed by atoms with van der Waals surface area (Å²) in [4.78, 5) is 23.5. The molecule has 0 fully saturated rings. The molecule has 0 spiro atoms. The number of rotatable bonds is 7. The number of hydrogen-bond acceptors (Lipinski definition) is 6. The van der Waals surface area contributed by atoms with Crippen LogP contribution in [0.15, 0.2) is 54.2 Å². The average Bonchev–Trinajstić information content (AvgIpc) is 2.65. The van der Waals surface area contributed by atoms with E-state index in [0.29, 0.717) is 5.75 Å². The number of fused-ring (bicyclic) bond motifs is 1. The zero-order valence-corrected chi connectivity index (χ0v) is 14.5. The van der Waals surface area contributed by atoms with Crippen LogP contribution in [0.2, 0.25) is 0 Å². The topological polar surface area (TPSA) is 100 Å². The molecular weight excluding hydrogens is 334 g/mol. The van der Waals surface area contributed by atoms with Gasteiger partial charge in [0.15, 0.2) is 11.7 Å². The molecular formula is C19H19N3O4. The van der Waals surface area contributed by atoms with Gasteiger partial charge in [-0.2, -0.15) is 5.26 Å². The van der Waals surface area contributed by atoms with Gasteiger partial charge >= 0.3 is 5.97 Å². The fraction of sp³-hybridized carbons (Fsp3) is 0.211. The van der Waals surface area contributed by atoms with Gasteiger partial charge in [-0.05, 0) is 36.8 Å². The fourth-order valence-corrected chi connectivity index (χ4v) is 2.13. The van der Waals surface area contributed by atoms with Gasteiger partial charge in [0, 0.05) is 6.20 Å². The summed E-state index contributed by atoms with van der Waals surface area (Å²) in [6.45, 7) is 3.38. The molecule has 2 aromatic rings. The van der Waals surface area contributed by atoms with E-state index in [1.807, 2.05) is 36.4 Å². The first kappa shape index (κ1) is 18.8. The van der Waals surface area contributed by atoms with E-state index < -0.39 is 18.0 Å². The van der Waals surface area contributed by atoms with Crippen molar-refractivity contribution in [2.75, 3.05) is 6.61 Å². The minimum Gasteiger partial charge on any atom is -0.481 e. The maximum absolute atomic E-state index is 12.0. The van der Waals surface area contributed by atoms with Crippen LogP contribution < -0.4 is 15.6 Å². The molecule has 1 atom stereocenters. The molecule has 7 nitrogen and oxygen atoms in total. The van der Waals surface area contributed by atoms with E-state index in [2.05, 4.69) is 10.9 Å². The van der Waals surface area contributed by atoms with E-state index in [1.165, 1.54) is 0 Å². The molecule has 0 bridgehead atoms. The third-order valence-electron chi connectivity index (χ3n) is 3.43. The van der Waals surface area contributed by atoms with E-state index in [0.717, 1.165) is 17.0 Å². The number of esters is 1. The molecule has 0 aliphatic rings. The van der Waals surface area contributed by atoms with Gasteiger partial charge in [-0.1, -0.05) is 30.3 Å². The summed E-state index contributed by atoms with van der Waals surface area (Å²) in [6, 6.07) is 15.1. The summed E-state index contributed by atoms with van der Waals surface area (Å²) >= 11 is 0. The van der Waals surface area contributed by atoms with Crippen LogP contribution in [0.1, 0.15) is 13.8 Å². The molecule has 0 radical (unpaired) electrons. The zero-order chi connectivity index (χ0) is 18.9. The van der Waals surface area contributed by atoms with Crippen LogP contribution in [0, 0.1) is 11.3 Å². The first-order valence-corrected chi connectivity index (χ1v) is 8.03. The maximum atomic E-state index is 12.0. The number of nitrogens with zero attached hydrogens (tertiary/aromatic N) is 1. The van der Waals surface area contributed by atoms with Crippen molar-refractivity contribution >= 4 is 22.6 Å². The Morgan fingerprint density at radius 1 is 1.23 bits per heavy atom. The first-order chi connectivity index (χ1) is 12.5. The summed E-state index contributed by atoms with van der Waals surface area (Å²) in [5, 5.41) is 11.0. The van der Waals surface area contributed by atoms with Crippen molar-refractivity contribution in [3.05, 3.63) is 54.2 Å². The van der Waals surface area contributed by atoms with Crippen molar-refractivity contribution in [1.82, 2.24) is 10.9 Å². The normalized spacial score (nSPS) is 12.0. The maximum Gasteiger partial charge on any atom is 0.350 e. The number of nitriles is 1. The summed E-state index contributed by atoms with van der Waals surface area (Å²) in [6.07, 6.45) is 0.281. The minimum absolute atomic E-state index is 0.154. The van der Waals surface area contributed by atoms with Gasteiger partial charge in [-0.3, -0.25) is 10.2 Å². The number of hydrazine groups is 1. The Bertz CT molecular complexity index is 870. The van der Waals surface area contributed by atoms with Crippen LogP contribution in [-0.4, -0.2) is 24.6 Å². The number of carbonyl (C=O) groups excluding carboxylic acids is 2. The van der Waals surface area contributed by atoms with Gasteiger partial charge in [0.25, 0.3) is 5.91 Å². The Morgan fingerprint density at radius 2 is 1.96 bits per heavy atom. The van der Waals surface area contributed by atoms with E-state index in [1.54, 1.807) is 26.0 Å². The predicted molar refractivity (Wildman–Crippen MR) is 95.6 cm³/mol. The van der Waals surface area contributed by atoms with Gasteiger partial charge in [0.2, 0.25) is 0 Å². The molecule has 2 aromatic carbocycles. The highest BCUT2D eigenvalue weighted by atomic mass is 16.5. The molecule has 26 heavy (non-hydrogen) atoms. The SMILES string of the molecule is CCOC(=O)/C(C#N)=C/NNC(=O)[C@@H](C)Oc1ccc2ccccc2c1. The second-order valence-corrected chi connectivity index (χ2v) is 5.29. The van der Waals surface area contributed by atoms with Crippen LogP contribution in [0.4, 0.5) is 0 Å². The third-order valence-corrected chi connectivity index (χ3v) is 3.43. The lowest BCUT2D eigenvalue weighted by molar-refractivity contribution is -0.138. The fourth-order valence-electron chi connectivity index (χ4n) is 2.13. The number of ether oxygens (including phenoxy) is 2. The molecule has 134 valence electrons. The number of carbonyl (C=O) groups is 2. The van der Waals surface area contributed by atoms with Crippen LogP contribution in [0.3, 0.4) is 0 Å².